The highest BCUT2D eigenvalue weighted by molar-refractivity contribution is 5.68. The van der Waals surface area contributed by atoms with E-state index in [0.29, 0.717) is 0 Å². The van der Waals surface area contributed by atoms with Crippen molar-refractivity contribution < 1.29 is 9.53 Å². The highest BCUT2D eigenvalue weighted by atomic mass is 16.6. The molecule has 0 radical (unpaired) electrons. The first-order valence-electron chi connectivity index (χ1n) is 4.75. The molecule has 0 saturated heterocycles. The van der Waals surface area contributed by atoms with Crippen LogP contribution < -0.4 is 0 Å². The van der Waals surface area contributed by atoms with Crippen molar-refractivity contribution in [3.8, 4) is 0 Å². The maximum absolute atomic E-state index is 11.5. The van der Waals surface area contributed by atoms with Gasteiger partial charge < -0.3 is 9.64 Å². The molecule has 0 aliphatic heterocycles. The molecule has 0 N–H and O–H groups in total. The quantitative estimate of drug-likeness (QED) is 0.679. The van der Waals surface area contributed by atoms with Crippen molar-refractivity contribution in [1.82, 2.24) is 4.90 Å². The molecule has 1 amide bonds. The summed E-state index contributed by atoms with van der Waals surface area (Å²) in [5.41, 5.74) is -0.133. The Morgan fingerprint density at radius 3 is 2.23 bits per heavy atom. The highest BCUT2D eigenvalue weighted by Gasteiger charge is 2.26. The number of hydrogen-bond donors (Lipinski definition) is 0. The lowest BCUT2D eigenvalue weighted by molar-refractivity contribution is 0.0539. The molecule has 0 atom stereocenters. The summed E-state index contributed by atoms with van der Waals surface area (Å²) in [6, 6.07) is 0. The van der Waals surface area contributed by atoms with E-state index in [1.165, 1.54) is 0 Å². The van der Waals surface area contributed by atoms with Gasteiger partial charge in [0.05, 0.1) is 6.10 Å². The molecule has 0 aromatic carbocycles. The van der Waals surface area contributed by atoms with E-state index in [0.717, 1.165) is 6.42 Å². The standard InChI is InChI=1S/C10H21NO2/c1-7-10(4,5)11(6)9(12)13-8(2)3/h8H,7H2,1-6H3. The van der Waals surface area contributed by atoms with Gasteiger partial charge in [-0.1, -0.05) is 6.92 Å². The topological polar surface area (TPSA) is 29.5 Å². The fraction of sp³-hybridized carbons (Fsp3) is 0.900. The molecule has 0 heterocycles. The summed E-state index contributed by atoms with van der Waals surface area (Å²) in [6.07, 6.45) is 0.612. The van der Waals surface area contributed by atoms with Crippen LogP contribution in [0, 0.1) is 0 Å². The molecule has 0 aromatic heterocycles. The van der Waals surface area contributed by atoms with Crippen LogP contribution in [-0.4, -0.2) is 29.7 Å². The summed E-state index contributed by atoms with van der Waals surface area (Å²) >= 11 is 0. The highest BCUT2D eigenvalue weighted by Crippen LogP contribution is 2.17. The van der Waals surface area contributed by atoms with E-state index >= 15 is 0 Å². The number of rotatable bonds is 3. The zero-order valence-corrected chi connectivity index (χ0v) is 9.55. The molecule has 0 spiro atoms. The number of hydrogen-bond acceptors (Lipinski definition) is 2. The average molecular weight is 187 g/mol. The van der Waals surface area contributed by atoms with Gasteiger partial charge in [0.1, 0.15) is 0 Å². The molecule has 0 rings (SSSR count). The Kier molecular flexibility index (Phi) is 4.24. The molecule has 13 heavy (non-hydrogen) atoms. The summed E-state index contributed by atoms with van der Waals surface area (Å²) < 4.78 is 5.09. The van der Waals surface area contributed by atoms with Gasteiger partial charge in [0.2, 0.25) is 0 Å². The van der Waals surface area contributed by atoms with Gasteiger partial charge in [0.15, 0.2) is 0 Å². The average Bonchev–Trinajstić information content (AvgIpc) is 2.01. The van der Waals surface area contributed by atoms with Gasteiger partial charge in [-0.05, 0) is 34.1 Å². The monoisotopic (exact) mass is 187 g/mol. The third-order valence-corrected chi connectivity index (χ3v) is 2.38. The summed E-state index contributed by atoms with van der Waals surface area (Å²) in [7, 11) is 1.77. The number of nitrogens with zero attached hydrogens (tertiary/aromatic N) is 1. The van der Waals surface area contributed by atoms with Crippen LogP contribution in [0.1, 0.15) is 41.0 Å². The maximum Gasteiger partial charge on any atom is 0.410 e. The van der Waals surface area contributed by atoms with Crippen molar-refractivity contribution in [1.29, 1.82) is 0 Å². The van der Waals surface area contributed by atoms with Gasteiger partial charge in [0, 0.05) is 12.6 Å². The van der Waals surface area contributed by atoms with E-state index in [1.807, 2.05) is 27.7 Å². The van der Waals surface area contributed by atoms with E-state index in [1.54, 1.807) is 11.9 Å². The van der Waals surface area contributed by atoms with Crippen LogP contribution in [0.25, 0.3) is 0 Å². The number of carbonyl (C=O) groups excluding carboxylic acids is 1. The number of amides is 1. The van der Waals surface area contributed by atoms with E-state index in [9.17, 15) is 4.79 Å². The maximum atomic E-state index is 11.5. The molecular formula is C10H21NO2. The van der Waals surface area contributed by atoms with Crippen LogP contribution >= 0.6 is 0 Å². The Hall–Kier alpha value is -0.730. The van der Waals surface area contributed by atoms with E-state index in [4.69, 9.17) is 4.74 Å². The number of ether oxygens (including phenoxy) is 1. The first-order valence-corrected chi connectivity index (χ1v) is 4.75. The second kappa shape index (κ2) is 4.49. The van der Waals surface area contributed by atoms with Gasteiger partial charge in [0.25, 0.3) is 0 Å². The van der Waals surface area contributed by atoms with Crippen molar-refractivity contribution in [2.24, 2.45) is 0 Å². The fourth-order valence-electron chi connectivity index (χ4n) is 0.765. The molecule has 3 heteroatoms. The lowest BCUT2D eigenvalue weighted by Gasteiger charge is -2.34. The molecule has 3 nitrogen and oxygen atoms in total. The van der Waals surface area contributed by atoms with Crippen molar-refractivity contribution in [2.75, 3.05) is 7.05 Å². The molecule has 0 saturated carbocycles. The first-order chi connectivity index (χ1) is 5.81. The molecule has 0 aromatic rings. The summed E-state index contributed by atoms with van der Waals surface area (Å²) in [5, 5.41) is 0. The van der Waals surface area contributed by atoms with Gasteiger partial charge in [-0.3, -0.25) is 0 Å². The minimum absolute atomic E-state index is 0.0531. The van der Waals surface area contributed by atoms with E-state index < -0.39 is 0 Å². The van der Waals surface area contributed by atoms with Crippen molar-refractivity contribution >= 4 is 6.09 Å². The van der Waals surface area contributed by atoms with E-state index in [-0.39, 0.29) is 17.7 Å². The molecule has 0 bridgehead atoms. The van der Waals surface area contributed by atoms with Crippen LogP contribution in [0.3, 0.4) is 0 Å². The fourth-order valence-corrected chi connectivity index (χ4v) is 0.765. The van der Waals surface area contributed by atoms with Gasteiger partial charge >= 0.3 is 6.09 Å². The third-order valence-electron chi connectivity index (χ3n) is 2.38. The van der Waals surface area contributed by atoms with Gasteiger partial charge in [-0.2, -0.15) is 0 Å². The van der Waals surface area contributed by atoms with Gasteiger partial charge in [-0.25, -0.2) is 4.79 Å². The second-order valence-electron chi connectivity index (χ2n) is 4.16. The normalized spacial score (nSPS) is 11.6. The predicted octanol–water partition coefficient (Wildman–Crippen LogP) is 2.65. The Morgan fingerprint density at radius 2 is 1.92 bits per heavy atom. The summed E-state index contributed by atoms with van der Waals surface area (Å²) in [5.74, 6) is 0. The Labute approximate surface area is 81.1 Å². The zero-order chi connectivity index (χ0) is 10.6. The van der Waals surface area contributed by atoms with E-state index in [2.05, 4.69) is 6.92 Å². The van der Waals surface area contributed by atoms with Crippen LogP contribution in [0.4, 0.5) is 4.79 Å². The molecular weight excluding hydrogens is 166 g/mol. The molecule has 78 valence electrons. The summed E-state index contributed by atoms with van der Waals surface area (Å²) in [6.45, 7) is 9.80. The zero-order valence-electron chi connectivity index (χ0n) is 9.55. The summed E-state index contributed by atoms with van der Waals surface area (Å²) in [4.78, 5) is 13.1. The van der Waals surface area contributed by atoms with Crippen molar-refractivity contribution in [3.05, 3.63) is 0 Å². The first kappa shape index (κ1) is 12.3. The Morgan fingerprint density at radius 1 is 1.46 bits per heavy atom. The third kappa shape index (κ3) is 3.66. The van der Waals surface area contributed by atoms with Crippen molar-refractivity contribution in [2.45, 2.75) is 52.7 Å². The van der Waals surface area contributed by atoms with Crippen LogP contribution in [0.2, 0.25) is 0 Å². The molecule has 0 aliphatic carbocycles. The van der Waals surface area contributed by atoms with Crippen LogP contribution in [0.5, 0.6) is 0 Å². The van der Waals surface area contributed by atoms with Crippen LogP contribution in [-0.2, 0) is 4.74 Å². The Bertz CT molecular complexity index is 176. The number of carbonyl (C=O) groups is 1. The smallest absolute Gasteiger partial charge is 0.410 e. The van der Waals surface area contributed by atoms with Crippen molar-refractivity contribution in [3.63, 3.8) is 0 Å². The lowest BCUT2D eigenvalue weighted by atomic mass is 10.0. The minimum Gasteiger partial charge on any atom is -0.447 e. The second-order valence-corrected chi connectivity index (χ2v) is 4.16. The van der Waals surface area contributed by atoms with Gasteiger partial charge in [-0.15, -0.1) is 0 Å². The lowest BCUT2D eigenvalue weighted by Crippen LogP contribution is -2.45. The molecule has 0 fully saturated rings. The van der Waals surface area contributed by atoms with Crippen LogP contribution in [0.15, 0.2) is 0 Å². The largest absolute Gasteiger partial charge is 0.447 e. The predicted molar refractivity (Wildman–Crippen MR) is 53.8 cm³/mol. The minimum atomic E-state index is -0.248. The SMILES string of the molecule is CCC(C)(C)N(C)C(=O)OC(C)C. The molecule has 0 aliphatic rings. The molecule has 0 unspecified atom stereocenters. The Balaban J connectivity index is 4.25.